The molecule has 1 saturated carbocycles. The van der Waals surface area contributed by atoms with Crippen LogP contribution in [-0.4, -0.2) is 53.5 Å². The number of carbonyl (C=O) groups is 1. The van der Waals surface area contributed by atoms with Crippen molar-refractivity contribution in [1.82, 2.24) is 14.4 Å². The zero-order valence-electron chi connectivity index (χ0n) is 17.2. The van der Waals surface area contributed by atoms with Crippen LogP contribution in [0.25, 0.3) is 10.9 Å². The van der Waals surface area contributed by atoms with Gasteiger partial charge in [0.05, 0.1) is 0 Å². The number of hydrogen-bond donors (Lipinski definition) is 0. The van der Waals surface area contributed by atoms with Gasteiger partial charge in [-0.15, -0.1) is 0 Å². The van der Waals surface area contributed by atoms with Crippen LogP contribution in [0.3, 0.4) is 0 Å². The fourth-order valence-corrected chi connectivity index (χ4v) is 5.21. The summed E-state index contributed by atoms with van der Waals surface area (Å²) in [4.78, 5) is 17.3. The van der Waals surface area contributed by atoms with Gasteiger partial charge in [0.25, 0.3) is 0 Å². The minimum atomic E-state index is 0.280. The lowest BCUT2D eigenvalue weighted by atomic mass is 9.94. The van der Waals surface area contributed by atoms with Crippen molar-refractivity contribution in [1.29, 1.82) is 0 Å². The molecule has 1 amide bonds. The minimum Gasteiger partial charge on any atom is -0.344 e. The number of likely N-dealkylation sites (N-methyl/N-ethyl adjacent to an activating group) is 1. The normalized spacial score (nSPS) is 18.8. The number of carbonyl (C=O) groups excluding carboxylic acids is 1. The first-order valence-corrected chi connectivity index (χ1v) is 11.2. The molecule has 0 radical (unpaired) electrons. The van der Waals surface area contributed by atoms with Crippen LogP contribution < -0.4 is 0 Å². The molecule has 5 heteroatoms. The highest BCUT2D eigenvalue weighted by Gasteiger charge is 2.24. The molecule has 152 valence electrons. The van der Waals surface area contributed by atoms with Crippen molar-refractivity contribution < 1.29 is 4.79 Å². The zero-order chi connectivity index (χ0) is 19.7. The first-order valence-electron chi connectivity index (χ1n) is 10.8. The van der Waals surface area contributed by atoms with E-state index in [-0.39, 0.29) is 5.91 Å². The summed E-state index contributed by atoms with van der Waals surface area (Å²) in [6.07, 6.45) is 8.80. The van der Waals surface area contributed by atoms with E-state index in [0.717, 1.165) is 50.3 Å². The van der Waals surface area contributed by atoms with Gasteiger partial charge in [-0.3, -0.25) is 4.79 Å². The number of aromatic nitrogens is 1. The van der Waals surface area contributed by atoms with E-state index < -0.39 is 0 Å². The van der Waals surface area contributed by atoms with Crippen molar-refractivity contribution in [2.75, 3.05) is 27.2 Å². The first kappa shape index (κ1) is 19.8. The molecule has 1 aliphatic heterocycles. The maximum Gasteiger partial charge on any atom is 0.224 e. The Kier molecular flexibility index (Phi) is 5.98. The average Bonchev–Trinajstić information content (AvgIpc) is 2.86. The summed E-state index contributed by atoms with van der Waals surface area (Å²) in [7, 11) is 4.19. The smallest absolute Gasteiger partial charge is 0.224 e. The van der Waals surface area contributed by atoms with E-state index in [0.29, 0.717) is 12.5 Å². The van der Waals surface area contributed by atoms with Crippen molar-refractivity contribution in [2.24, 2.45) is 0 Å². The van der Waals surface area contributed by atoms with Crippen LogP contribution in [0.15, 0.2) is 18.2 Å². The van der Waals surface area contributed by atoms with E-state index in [1.54, 1.807) is 0 Å². The standard InChI is InChI=1S/C23H32ClN3O/c1-25-13-10-19-20-16-17(24)8-9-21(20)27(22(19)11-14-25)15-12-23(28)26(2)18-6-4-3-5-7-18/h8-9,16,18H,3-7,10-15H2,1-2H3. The Labute approximate surface area is 173 Å². The molecule has 2 aromatic rings. The van der Waals surface area contributed by atoms with E-state index in [9.17, 15) is 4.79 Å². The zero-order valence-corrected chi connectivity index (χ0v) is 18.0. The Hall–Kier alpha value is -1.52. The molecule has 0 spiro atoms. The van der Waals surface area contributed by atoms with Gasteiger partial charge >= 0.3 is 0 Å². The highest BCUT2D eigenvalue weighted by Crippen LogP contribution is 2.31. The third-order valence-corrected chi connectivity index (χ3v) is 7.02. The number of benzene rings is 1. The second kappa shape index (κ2) is 8.46. The third kappa shape index (κ3) is 3.95. The van der Waals surface area contributed by atoms with E-state index in [2.05, 4.69) is 28.6 Å². The summed E-state index contributed by atoms with van der Waals surface area (Å²) < 4.78 is 2.40. The predicted molar refractivity (Wildman–Crippen MR) is 116 cm³/mol. The minimum absolute atomic E-state index is 0.280. The molecule has 4 rings (SSSR count). The Morgan fingerprint density at radius 3 is 2.71 bits per heavy atom. The number of nitrogens with zero attached hydrogens (tertiary/aromatic N) is 3. The molecule has 28 heavy (non-hydrogen) atoms. The van der Waals surface area contributed by atoms with E-state index >= 15 is 0 Å². The summed E-state index contributed by atoms with van der Waals surface area (Å²) in [6, 6.07) is 6.65. The van der Waals surface area contributed by atoms with Crippen molar-refractivity contribution in [3.63, 3.8) is 0 Å². The Balaban J connectivity index is 1.57. The van der Waals surface area contributed by atoms with Crippen LogP contribution in [0.1, 0.15) is 49.8 Å². The van der Waals surface area contributed by atoms with Crippen LogP contribution >= 0.6 is 11.6 Å². The molecule has 2 heterocycles. The van der Waals surface area contributed by atoms with Gasteiger partial charge in [-0.25, -0.2) is 0 Å². The van der Waals surface area contributed by atoms with Gasteiger partial charge in [0, 0.05) is 67.2 Å². The third-order valence-electron chi connectivity index (χ3n) is 6.79. The van der Waals surface area contributed by atoms with Gasteiger partial charge in [0.15, 0.2) is 0 Å². The number of rotatable bonds is 4. The molecular weight excluding hydrogens is 370 g/mol. The first-order chi connectivity index (χ1) is 13.5. The second-order valence-corrected chi connectivity index (χ2v) is 9.02. The van der Waals surface area contributed by atoms with Crippen LogP contribution in [-0.2, 0) is 24.2 Å². The number of hydrogen-bond acceptors (Lipinski definition) is 2. The number of fused-ring (bicyclic) bond motifs is 3. The summed E-state index contributed by atoms with van der Waals surface area (Å²) >= 11 is 6.31. The van der Waals surface area contributed by atoms with E-state index in [1.165, 1.54) is 41.4 Å². The summed E-state index contributed by atoms with van der Waals surface area (Å²) in [5, 5.41) is 2.06. The Morgan fingerprint density at radius 1 is 1.18 bits per heavy atom. The molecule has 0 saturated heterocycles. The monoisotopic (exact) mass is 401 g/mol. The second-order valence-electron chi connectivity index (χ2n) is 8.59. The number of halogens is 1. The van der Waals surface area contributed by atoms with Crippen molar-refractivity contribution in [3.8, 4) is 0 Å². The Bertz CT molecular complexity index is 853. The van der Waals surface area contributed by atoms with Gasteiger partial charge in [0.2, 0.25) is 5.91 Å². The van der Waals surface area contributed by atoms with Gasteiger partial charge in [0.1, 0.15) is 0 Å². The molecule has 2 aliphatic rings. The molecule has 4 nitrogen and oxygen atoms in total. The van der Waals surface area contributed by atoms with Gasteiger partial charge in [-0.1, -0.05) is 30.9 Å². The predicted octanol–water partition coefficient (Wildman–Crippen LogP) is 4.51. The average molecular weight is 402 g/mol. The fourth-order valence-electron chi connectivity index (χ4n) is 5.04. The molecule has 1 aliphatic carbocycles. The lowest BCUT2D eigenvalue weighted by molar-refractivity contribution is -0.132. The van der Waals surface area contributed by atoms with E-state index in [4.69, 9.17) is 11.6 Å². The largest absolute Gasteiger partial charge is 0.344 e. The Morgan fingerprint density at radius 2 is 1.93 bits per heavy atom. The van der Waals surface area contributed by atoms with Crippen LogP contribution in [0.2, 0.25) is 5.02 Å². The van der Waals surface area contributed by atoms with Gasteiger partial charge in [-0.2, -0.15) is 0 Å². The summed E-state index contributed by atoms with van der Waals surface area (Å²) in [5.74, 6) is 0.280. The number of amides is 1. The topological polar surface area (TPSA) is 28.5 Å². The molecule has 0 atom stereocenters. The summed E-state index contributed by atoms with van der Waals surface area (Å²) in [6.45, 7) is 2.89. The highest BCUT2D eigenvalue weighted by molar-refractivity contribution is 6.31. The molecule has 0 bridgehead atoms. The van der Waals surface area contributed by atoms with E-state index in [1.807, 2.05) is 18.0 Å². The summed E-state index contributed by atoms with van der Waals surface area (Å²) in [5.41, 5.74) is 4.05. The molecular formula is C23H32ClN3O. The molecule has 1 aromatic carbocycles. The van der Waals surface area contributed by atoms with Crippen LogP contribution in [0.5, 0.6) is 0 Å². The van der Waals surface area contributed by atoms with Crippen molar-refractivity contribution in [2.45, 2.75) is 64.0 Å². The van der Waals surface area contributed by atoms with Crippen LogP contribution in [0.4, 0.5) is 0 Å². The molecule has 1 fully saturated rings. The lowest BCUT2D eigenvalue weighted by Crippen LogP contribution is -2.38. The fraction of sp³-hybridized carbons (Fsp3) is 0.609. The SMILES string of the molecule is CN1CCc2c(n(CCC(=O)N(C)C3CCCCC3)c3ccc(Cl)cc23)CC1. The lowest BCUT2D eigenvalue weighted by Gasteiger charge is -2.31. The molecule has 1 aromatic heterocycles. The molecule has 0 unspecified atom stereocenters. The highest BCUT2D eigenvalue weighted by atomic mass is 35.5. The van der Waals surface area contributed by atoms with Crippen LogP contribution in [0, 0.1) is 0 Å². The van der Waals surface area contributed by atoms with Gasteiger partial charge in [-0.05, 0) is 50.1 Å². The quantitative estimate of drug-likeness (QED) is 0.754. The molecule has 0 N–H and O–H groups in total. The van der Waals surface area contributed by atoms with Crippen molar-refractivity contribution in [3.05, 3.63) is 34.5 Å². The maximum absolute atomic E-state index is 12.9. The number of aryl methyl sites for hydroxylation is 1. The maximum atomic E-state index is 12.9. The van der Waals surface area contributed by atoms with Gasteiger partial charge < -0.3 is 14.4 Å². The van der Waals surface area contributed by atoms with Crippen molar-refractivity contribution >= 4 is 28.4 Å².